The lowest BCUT2D eigenvalue weighted by molar-refractivity contribution is 1.10. The highest BCUT2D eigenvalue weighted by Crippen LogP contribution is 2.16. The Kier molecular flexibility index (Phi) is 5.12. The van der Waals surface area contributed by atoms with Gasteiger partial charge < -0.3 is 0 Å². The van der Waals surface area contributed by atoms with Crippen LogP contribution in [0.15, 0.2) is 17.5 Å². The fourth-order valence-corrected chi connectivity index (χ4v) is 2.79. The summed E-state index contributed by atoms with van der Waals surface area (Å²) in [6.45, 7) is 2.17. The van der Waals surface area contributed by atoms with Gasteiger partial charge >= 0.3 is 0 Å². The first-order valence-corrected chi connectivity index (χ1v) is 6.49. The summed E-state index contributed by atoms with van der Waals surface area (Å²) in [6, 6.07) is 4.30. The van der Waals surface area contributed by atoms with Crippen LogP contribution in [0.4, 0.5) is 0 Å². The minimum atomic E-state index is 0.589. The van der Waals surface area contributed by atoms with E-state index in [-0.39, 0.29) is 0 Å². The van der Waals surface area contributed by atoms with E-state index in [2.05, 4.69) is 24.4 Å². The molecule has 1 rings (SSSR count). The summed E-state index contributed by atoms with van der Waals surface area (Å²) < 4.78 is 0. The number of halogens is 1. The average molecular weight is 221 g/mol. The lowest BCUT2D eigenvalue weighted by Gasteiger charge is -2.05. The Morgan fingerprint density at radius 2 is 2.50 bits per heavy atom. The monoisotopic (exact) mass is 220 g/mol. The number of hydrogen-bond donors (Lipinski definition) is 0. The lowest BCUT2D eigenvalue weighted by Crippen LogP contribution is -1.99. The van der Waals surface area contributed by atoms with E-state index in [9.17, 15) is 0 Å². The molecule has 68 valence electrons. The van der Waals surface area contributed by atoms with E-state index in [0.29, 0.717) is 5.25 Å². The van der Waals surface area contributed by atoms with Gasteiger partial charge in [0.15, 0.2) is 0 Å². The van der Waals surface area contributed by atoms with E-state index in [0.717, 1.165) is 5.88 Å². The van der Waals surface area contributed by atoms with Crippen molar-refractivity contribution in [2.75, 3.05) is 11.6 Å². The molecule has 0 saturated heterocycles. The van der Waals surface area contributed by atoms with E-state index in [1.54, 1.807) is 0 Å². The van der Waals surface area contributed by atoms with Crippen molar-refractivity contribution in [3.05, 3.63) is 22.4 Å². The molecule has 0 N–H and O–H groups in total. The predicted molar refractivity (Wildman–Crippen MR) is 60.7 cm³/mol. The fraction of sp³-hybridized carbons (Fsp3) is 0.556. The molecule has 0 bridgehead atoms. The number of hydrogen-bond acceptors (Lipinski definition) is 2. The van der Waals surface area contributed by atoms with Gasteiger partial charge in [-0.05, 0) is 23.6 Å². The van der Waals surface area contributed by atoms with Crippen molar-refractivity contribution in [3.8, 4) is 0 Å². The molecule has 1 aromatic rings. The number of alkyl halides is 1. The molecule has 0 saturated carbocycles. The van der Waals surface area contributed by atoms with Crippen LogP contribution in [0.3, 0.4) is 0 Å². The smallest absolute Gasteiger partial charge is 0.0339 e. The first kappa shape index (κ1) is 10.4. The molecule has 0 aromatic carbocycles. The summed E-state index contributed by atoms with van der Waals surface area (Å²) >= 11 is 9.48. The Balaban J connectivity index is 2.11. The van der Waals surface area contributed by atoms with Gasteiger partial charge in [-0.1, -0.05) is 13.0 Å². The maximum Gasteiger partial charge on any atom is 0.0339 e. The number of thiophene rings is 1. The topological polar surface area (TPSA) is 0 Å². The first-order valence-electron chi connectivity index (χ1n) is 4.03. The third kappa shape index (κ3) is 3.83. The second-order valence-electron chi connectivity index (χ2n) is 2.67. The van der Waals surface area contributed by atoms with Crippen molar-refractivity contribution in [3.63, 3.8) is 0 Å². The summed E-state index contributed by atoms with van der Waals surface area (Å²) in [5.41, 5.74) is 0. The molecule has 0 fully saturated rings. The van der Waals surface area contributed by atoms with Crippen LogP contribution in [0.25, 0.3) is 0 Å². The van der Waals surface area contributed by atoms with Crippen molar-refractivity contribution in [1.82, 2.24) is 0 Å². The highest BCUT2D eigenvalue weighted by Gasteiger charge is 2.00. The Hall–Kier alpha value is 0.340. The molecule has 12 heavy (non-hydrogen) atoms. The molecular formula is C9H13ClS2. The normalized spacial score (nSPS) is 13.2. The van der Waals surface area contributed by atoms with Crippen LogP contribution >= 0.6 is 34.7 Å². The minimum Gasteiger partial charge on any atom is -0.157 e. The van der Waals surface area contributed by atoms with Gasteiger partial charge in [0.1, 0.15) is 0 Å². The highest BCUT2D eigenvalue weighted by atomic mass is 35.5. The predicted octanol–water partition coefficient (Wildman–Crippen LogP) is 3.65. The second-order valence-corrected chi connectivity index (χ2v) is 5.55. The van der Waals surface area contributed by atoms with Crippen LogP contribution in [0.5, 0.6) is 0 Å². The second kappa shape index (κ2) is 5.90. The van der Waals surface area contributed by atoms with Crippen LogP contribution in [-0.2, 0) is 6.42 Å². The van der Waals surface area contributed by atoms with Gasteiger partial charge in [0.2, 0.25) is 0 Å². The van der Waals surface area contributed by atoms with Crippen LogP contribution in [0.1, 0.15) is 11.8 Å². The molecular weight excluding hydrogens is 208 g/mol. The van der Waals surface area contributed by atoms with E-state index in [1.165, 1.54) is 17.1 Å². The van der Waals surface area contributed by atoms with Gasteiger partial charge in [0.05, 0.1) is 0 Å². The molecule has 0 spiro atoms. The minimum absolute atomic E-state index is 0.589. The van der Waals surface area contributed by atoms with Gasteiger partial charge in [-0.2, -0.15) is 11.8 Å². The molecule has 0 amide bonds. The summed E-state index contributed by atoms with van der Waals surface area (Å²) in [7, 11) is 0. The summed E-state index contributed by atoms with van der Waals surface area (Å²) in [4.78, 5) is 1.48. The molecule has 0 nitrogen and oxygen atoms in total. The number of thioether (sulfide) groups is 1. The fourth-order valence-electron chi connectivity index (χ4n) is 0.860. The zero-order chi connectivity index (χ0) is 8.81. The average Bonchev–Trinajstić information content (AvgIpc) is 2.57. The Morgan fingerprint density at radius 1 is 1.67 bits per heavy atom. The molecule has 0 aliphatic rings. The standard InChI is InChI=1S/C9H13ClS2/c1-8(7-10)11-6-4-9-3-2-5-12-9/h2-3,5,8H,4,6-7H2,1H3. The van der Waals surface area contributed by atoms with Crippen LogP contribution in [0.2, 0.25) is 0 Å². The zero-order valence-electron chi connectivity index (χ0n) is 7.13. The first-order chi connectivity index (χ1) is 5.83. The molecule has 0 radical (unpaired) electrons. The third-order valence-electron chi connectivity index (χ3n) is 1.55. The SMILES string of the molecule is CC(CCl)SCCc1cccs1. The van der Waals surface area contributed by atoms with Crippen molar-refractivity contribution in [1.29, 1.82) is 0 Å². The third-order valence-corrected chi connectivity index (χ3v) is 4.31. The zero-order valence-corrected chi connectivity index (χ0v) is 9.51. The number of rotatable bonds is 5. The molecule has 0 aliphatic heterocycles. The van der Waals surface area contributed by atoms with Crippen LogP contribution in [0, 0.1) is 0 Å². The van der Waals surface area contributed by atoms with Crippen molar-refractivity contribution < 1.29 is 0 Å². The van der Waals surface area contributed by atoms with Crippen molar-refractivity contribution in [2.24, 2.45) is 0 Å². The van der Waals surface area contributed by atoms with Gasteiger partial charge in [0, 0.05) is 16.0 Å². The van der Waals surface area contributed by atoms with E-state index in [1.807, 2.05) is 23.1 Å². The van der Waals surface area contributed by atoms with Gasteiger partial charge in [-0.25, -0.2) is 0 Å². The highest BCUT2D eigenvalue weighted by molar-refractivity contribution is 7.99. The Labute approximate surface area is 87.3 Å². The molecule has 1 unspecified atom stereocenters. The Bertz CT molecular complexity index is 196. The summed E-state index contributed by atoms with van der Waals surface area (Å²) in [6.07, 6.45) is 1.18. The summed E-state index contributed by atoms with van der Waals surface area (Å²) in [5.74, 6) is 1.95. The van der Waals surface area contributed by atoms with Gasteiger partial charge in [-0.3, -0.25) is 0 Å². The lowest BCUT2D eigenvalue weighted by atomic mass is 10.4. The van der Waals surface area contributed by atoms with E-state index < -0.39 is 0 Å². The maximum absolute atomic E-state index is 5.69. The summed E-state index contributed by atoms with van der Waals surface area (Å²) in [5, 5.41) is 2.72. The van der Waals surface area contributed by atoms with E-state index >= 15 is 0 Å². The van der Waals surface area contributed by atoms with Crippen LogP contribution < -0.4 is 0 Å². The largest absolute Gasteiger partial charge is 0.157 e. The van der Waals surface area contributed by atoms with Gasteiger partial charge in [-0.15, -0.1) is 22.9 Å². The quantitative estimate of drug-likeness (QED) is 0.683. The van der Waals surface area contributed by atoms with Gasteiger partial charge in [0.25, 0.3) is 0 Å². The van der Waals surface area contributed by atoms with Crippen molar-refractivity contribution >= 4 is 34.7 Å². The van der Waals surface area contributed by atoms with E-state index in [4.69, 9.17) is 11.6 Å². The molecule has 1 aromatic heterocycles. The van der Waals surface area contributed by atoms with Crippen molar-refractivity contribution in [2.45, 2.75) is 18.6 Å². The number of aryl methyl sites for hydroxylation is 1. The molecule has 1 heterocycles. The Morgan fingerprint density at radius 3 is 3.08 bits per heavy atom. The molecule has 1 atom stereocenters. The molecule has 0 aliphatic carbocycles. The van der Waals surface area contributed by atoms with Crippen LogP contribution in [-0.4, -0.2) is 16.9 Å². The maximum atomic E-state index is 5.69. The molecule has 3 heteroatoms.